The Morgan fingerprint density at radius 2 is 2.09 bits per heavy atom. The maximum Gasteiger partial charge on any atom is 0.178 e. The van der Waals surface area contributed by atoms with Gasteiger partial charge < -0.3 is 20.9 Å². The lowest BCUT2D eigenvalue weighted by molar-refractivity contribution is 0.266. The van der Waals surface area contributed by atoms with Gasteiger partial charge in [-0.25, -0.2) is 9.98 Å². The lowest BCUT2D eigenvalue weighted by Crippen LogP contribution is -2.33. The highest BCUT2D eigenvalue weighted by Gasteiger charge is 2.18. The number of hydrogen-bond donors (Lipinski definition) is 3. The first-order valence-electron chi connectivity index (χ1n) is 11.0. The number of nitrogens with two attached hydrogens (primary N) is 1. The molecule has 1 aliphatic rings. The van der Waals surface area contributed by atoms with Gasteiger partial charge in [0.2, 0.25) is 0 Å². The van der Waals surface area contributed by atoms with Gasteiger partial charge in [0, 0.05) is 37.7 Å². The second-order valence-corrected chi connectivity index (χ2v) is 8.03. The summed E-state index contributed by atoms with van der Waals surface area (Å²) in [5, 5.41) is 7.82. The van der Waals surface area contributed by atoms with Gasteiger partial charge in [-0.3, -0.25) is 9.88 Å². The molecule has 0 amide bonds. The summed E-state index contributed by atoms with van der Waals surface area (Å²) in [6, 6.07) is 13.6. The van der Waals surface area contributed by atoms with Gasteiger partial charge in [-0.15, -0.1) is 0 Å². The number of nitrogens with zero attached hydrogens (tertiary/aromatic N) is 4. The SMILES string of the molecule is Cc1cc(N=C(N=CN)c2[nH]ccc2CN2CCC(=N)CC2)ccc1OCc1ccccn1. The molecule has 3 heterocycles. The van der Waals surface area contributed by atoms with Crippen LogP contribution in [0.25, 0.3) is 0 Å². The van der Waals surface area contributed by atoms with Crippen LogP contribution in [0.3, 0.4) is 0 Å². The van der Waals surface area contributed by atoms with Crippen LogP contribution in [0.4, 0.5) is 5.69 Å². The number of aromatic amines is 1. The molecule has 0 unspecified atom stereocenters. The van der Waals surface area contributed by atoms with E-state index < -0.39 is 0 Å². The summed E-state index contributed by atoms with van der Waals surface area (Å²) in [6.07, 6.45) is 6.58. The van der Waals surface area contributed by atoms with Crippen molar-refractivity contribution in [3.63, 3.8) is 0 Å². The highest BCUT2D eigenvalue weighted by atomic mass is 16.5. The summed E-state index contributed by atoms with van der Waals surface area (Å²) in [5.74, 6) is 1.32. The van der Waals surface area contributed by atoms with Crippen molar-refractivity contribution >= 4 is 23.6 Å². The van der Waals surface area contributed by atoms with Crippen LogP contribution in [0.2, 0.25) is 0 Å². The van der Waals surface area contributed by atoms with Crippen LogP contribution in [0.15, 0.2) is 64.8 Å². The molecule has 0 atom stereocenters. The van der Waals surface area contributed by atoms with E-state index >= 15 is 0 Å². The number of piperidine rings is 1. The Labute approximate surface area is 193 Å². The van der Waals surface area contributed by atoms with Crippen molar-refractivity contribution in [1.29, 1.82) is 5.41 Å². The fourth-order valence-corrected chi connectivity index (χ4v) is 3.81. The molecule has 1 fully saturated rings. The van der Waals surface area contributed by atoms with Crippen molar-refractivity contribution in [2.45, 2.75) is 32.9 Å². The molecule has 0 spiro atoms. The highest BCUT2D eigenvalue weighted by molar-refractivity contribution is 6.03. The third kappa shape index (κ3) is 5.93. The number of ether oxygens (including phenoxy) is 1. The van der Waals surface area contributed by atoms with Crippen molar-refractivity contribution in [2.24, 2.45) is 15.7 Å². The highest BCUT2D eigenvalue weighted by Crippen LogP contribution is 2.26. The molecule has 0 aliphatic carbocycles. The van der Waals surface area contributed by atoms with Crippen LogP contribution in [0, 0.1) is 12.3 Å². The van der Waals surface area contributed by atoms with Crippen molar-refractivity contribution in [1.82, 2.24) is 14.9 Å². The molecule has 0 saturated carbocycles. The van der Waals surface area contributed by atoms with Gasteiger partial charge in [0.25, 0.3) is 0 Å². The standard InChI is InChI=1S/C25H29N7O/c1-18-14-21(5-6-23(18)33-16-22-4-2-3-10-28-22)31-25(30-17-26)24-19(7-11-29-24)15-32-12-8-20(27)9-13-32/h2-7,10-11,14,17,27,29H,8-9,12-13,15-16H2,1H3,(H2,26,30,31). The van der Waals surface area contributed by atoms with Gasteiger partial charge in [-0.2, -0.15) is 0 Å². The normalized spacial score (nSPS) is 15.3. The van der Waals surface area contributed by atoms with Crippen LogP contribution in [-0.2, 0) is 13.2 Å². The Morgan fingerprint density at radius 1 is 1.24 bits per heavy atom. The van der Waals surface area contributed by atoms with Gasteiger partial charge in [-0.05, 0) is 67.3 Å². The van der Waals surface area contributed by atoms with E-state index in [0.717, 1.165) is 72.1 Å². The molecule has 8 heteroatoms. The maximum atomic E-state index is 7.82. The summed E-state index contributed by atoms with van der Waals surface area (Å²) in [5.41, 5.74) is 11.1. The van der Waals surface area contributed by atoms with E-state index in [9.17, 15) is 0 Å². The summed E-state index contributed by atoms with van der Waals surface area (Å²) < 4.78 is 5.93. The lowest BCUT2D eigenvalue weighted by Gasteiger charge is -2.27. The number of amidine groups is 1. The Hall–Kier alpha value is -3.78. The van der Waals surface area contributed by atoms with E-state index in [-0.39, 0.29) is 0 Å². The molecule has 2 aromatic heterocycles. The van der Waals surface area contributed by atoms with Crippen LogP contribution < -0.4 is 10.5 Å². The summed E-state index contributed by atoms with van der Waals surface area (Å²) in [7, 11) is 0. The molecule has 170 valence electrons. The monoisotopic (exact) mass is 443 g/mol. The zero-order valence-electron chi connectivity index (χ0n) is 18.8. The number of aryl methyl sites for hydroxylation is 1. The number of hydrogen-bond acceptors (Lipinski definition) is 5. The predicted octanol–water partition coefficient (Wildman–Crippen LogP) is 3.98. The van der Waals surface area contributed by atoms with E-state index in [0.29, 0.717) is 12.4 Å². The largest absolute Gasteiger partial charge is 0.487 e. The molecular weight excluding hydrogens is 414 g/mol. The molecule has 8 nitrogen and oxygen atoms in total. The fraction of sp³-hybridized carbons (Fsp3) is 0.280. The minimum atomic E-state index is 0.412. The number of rotatable bonds is 7. The number of H-pyrrole nitrogens is 1. The van der Waals surface area contributed by atoms with Crippen LogP contribution in [-0.4, -0.2) is 45.8 Å². The molecule has 1 saturated heterocycles. The zero-order valence-corrected chi connectivity index (χ0v) is 18.8. The fourth-order valence-electron chi connectivity index (χ4n) is 3.81. The quantitative estimate of drug-likeness (QED) is 0.378. The summed E-state index contributed by atoms with van der Waals surface area (Å²) in [4.78, 5) is 19.0. The van der Waals surface area contributed by atoms with Crippen molar-refractivity contribution in [3.8, 4) is 5.75 Å². The number of likely N-dealkylation sites (tertiary alicyclic amines) is 1. The van der Waals surface area contributed by atoms with Gasteiger partial charge in [0.1, 0.15) is 12.4 Å². The zero-order chi connectivity index (χ0) is 23.0. The average Bonchev–Trinajstić information content (AvgIpc) is 3.28. The summed E-state index contributed by atoms with van der Waals surface area (Å²) >= 11 is 0. The molecule has 3 aromatic rings. The predicted molar refractivity (Wildman–Crippen MR) is 132 cm³/mol. The van der Waals surface area contributed by atoms with E-state index in [1.54, 1.807) is 6.20 Å². The molecular formula is C25H29N7O. The van der Waals surface area contributed by atoms with Crippen LogP contribution in [0.1, 0.15) is 35.4 Å². The number of benzene rings is 1. The van der Waals surface area contributed by atoms with Gasteiger partial charge >= 0.3 is 0 Å². The molecule has 0 radical (unpaired) electrons. The smallest absolute Gasteiger partial charge is 0.178 e. The van der Waals surface area contributed by atoms with Crippen molar-refractivity contribution < 1.29 is 4.74 Å². The maximum absolute atomic E-state index is 7.82. The first-order chi connectivity index (χ1) is 16.1. The number of aromatic nitrogens is 2. The average molecular weight is 444 g/mol. The Bertz CT molecular complexity index is 1140. The van der Waals surface area contributed by atoms with Gasteiger partial charge in [0.15, 0.2) is 5.84 Å². The topological polar surface area (TPSA) is 116 Å². The molecule has 0 bridgehead atoms. The minimum Gasteiger partial charge on any atom is -0.487 e. The number of pyridine rings is 1. The van der Waals surface area contributed by atoms with Crippen molar-refractivity contribution in [2.75, 3.05) is 13.1 Å². The third-order valence-electron chi connectivity index (χ3n) is 5.60. The second-order valence-electron chi connectivity index (χ2n) is 8.03. The van der Waals surface area contributed by atoms with Crippen LogP contribution in [0.5, 0.6) is 5.75 Å². The number of nitrogens with one attached hydrogen (secondary N) is 2. The summed E-state index contributed by atoms with van der Waals surface area (Å²) in [6.45, 7) is 4.98. The number of aliphatic imine (C=N–C) groups is 2. The van der Waals surface area contributed by atoms with E-state index in [4.69, 9.17) is 20.9 Å². The minimum absolute atomic E-state index is 0.412. The molecule has 33 heavy (non-hydrogen) atoms. The first kappa shape index (κ1) is 22.4. The van der Waals surface area contributed by atoms with E-state index in [1.165, 1.54) is 6.34 Å². The van der Waals surface area contributed by atoms with Gasteiger partial charge in [-0.1, -0.05) is 6.07 Å². The molecule has 4 rings (SSSR count). The van der Waals surface area contributed by atoms with Crippen LogP contribution >= 0.6 is 0 Å². The molecule has 1 aliphatic heterocycles. The Kier molecular flexibility index (Phi) is 7.26. The molecule has 4 N–H and O–H groups in total. The van der Waals surface area contributed by atoms with E-state index in [2.05, 4.69) is 25.9 Å². The first-order valence-corrected chi connectivity index (χ1v) is 11.0. The Morgan fingerprint density at radius 3 is 2.82 bits per heavy atom. The van der Waals surface area contributed by atoms with E-state index in [1.807, 2.05) is 49.5 Å². The Balaban J connectivity index is 1.51. The van der Waals surface area contributed by atoms with Crippen molar-refractivity contribution in [3.05, 3.63) is 77.4 Å². The molecule has 1 aromatic carbocycles. The lowest BCUT2D eigenvalue weighted by atomic mass is 10.1. The second kappa shape index (κ2) is 10.7. The third-order valence-corrected chi connectivity index (χ3v) is 5.60. The van der Waals surface area contributed by atoms with Gasteiger partial charge in [0.05, 0.1) is 23.4 Å².